The second kappa shape index (κ2) is 5.11. The molecule has 0 aliphatic rings. The number of nitrogens with two attached hydrogens (primary N) is 1. The first-order valence-electron chi connectivity index (χ1n) is 5.23. The Hall–Kier alpha value is -2.37. The Morgan fingerprint density at radius 2 is 2.35 bits per heavy atom. The number of hydrogen-bond acceptors (Lipinski definition) is 4. The maximum atomic E-state index is 11.6. The molecule has 2 rings (SSSR count). The van der Waals surface area contributed by atoms with Crippen molar-refractivity contribution in [2.45, 2.75) is 6.42 Å². The van der Waals surface area contributed by atoms with Gasteiger partial charge in [-0.2, -0.15) is 5.10 Å². The van der Waals surface area contributed by atoms with E-state index in [1.165, 1.54) is 6.20 Å². The van der Waals surface area contributed by atoms with Crippen molar-refractivity contribution in [3.05, 3.63) is 42.0 Å². The van der Waals surface area contributed by atoms with Crippen LogP contribution in [-0.2, 0) is 6.42 Å². The fourth-order valence-electron chi connectivity index (χ4n) is 1.43. The molecule has 6 nitrogen and oxygen atoms in total. The summed E-state index contributed by atoms with van der Waals surface area (Å²) in [6.07, 6.45) is 5.63. The minimum atomic E-state index is -0.246. The lowest BCUT2D eigenvalue weighted by molar-refractivity contribution is 0.0950. The highest BCUT2D eigenvalue weighted by molar-refractivity contribution is 5.96. The van der Waals surface area contributed by atoms with Crippen LogP contribution in [0.2, 0.25) is 0 Å². The minimum absolute atomic E-state index is 0.246. The highest BCUT2D eigenvalue weighted by Crippen LogP contribution is 2.05. The summed E-state index contributed by atoms with van der Waals surface area (Å²) >= 11 is 0. The number of aromatic amines is 1. The van der Waals surface area contributed by atoms with Crippen LogP contribution < -0.4 is 11.1 Å². The van der Waals surface area contributed by atoms with Gasteiger partial charge in [0.1, 0.15) is 5.69 Å². The average molecular weight is 231 g/mol. The Bertz CT molecular complexity index is 494. The molecule has 0 saturated carbocycles. The van der Waals surface area contributed by atoms with Gasteiger partial charge in [-0.05, 0) is 18.1 Å². The molecular weight excluding hydrogens is 218 g/mol. The van der Waals surface area contributed by atoms with E-state index < -0.39 is 0 Å². The molecule has 17 heavy (non-hydrogen) atoms. The van der Waals surface area contributed by atoms with Gasteiger partial charge in [-0.25, -0.2) is 0 Å². The molecule has 4 N–H and O–H groups in total. The maximum Gasteiger partial charge on any atom is 0.271 e. The fourth-order valence-corrected chi connectivity index (χ4v) is 1.43. The van der Waals surface area contributed by atoms with Gasteiger partial charge in [-0.15, -0.1) is 0 Å². The molecular formula is C11H13N5O. The van der Waals surface area contributed by atoms with Crippen LogP contribution in [-0.4, -0.2) is 27.6 Å². The molecule has 0 atom stereocenters. The third kappa shape index (κ3) is 2.81. The molecule has 0 bridgehead atoms. The molecule has 0 unspecified atom stereocenters. The molecule has 0 spiro atoms. The Kier molecular flexibility index (Phi) is 3.34. The summed E-state index contributed by atoms with van der Waals surface area (Å²) in [5.41, 5.74) is 7.29. The molecule has 0 aliphatic heterocycles. The number of aromatic nitrogens is 3. The third-order valence-corrected chi connectivity index (χ3v) is 2.32. The van der Waals surface area contributed by atoms with Crippen molar-refractivity contribution in [1.29, 1.82) is 0 Å². The normalized spacial score (nSPS) is 10.1. The van der Waals surface area contributed by atoms with Crippen molar-refractivity contribution >= 4 is 11.6 Å². The quantitative estimate of drug-likeness (QED) is 0.707. The molecule has 2 heterocycles. The van der Waals surface area contributed by atoms with Gasteiger partial charge in [0.25, 0.3) is 5.91 Å². The summed E-state index contributed by atoms with van der Waals surface area (Å²) in [5.74, 6) is -0.246. The van der Waals surface area contributed by atoms with Crippen LogP contribution in [0.1, 0.15) is 16.1 Å². The van der Waals surface area contributed by atoms with Crippen LogP contribution in [0.25, 0.3) is 0 Å². The molecule has 0 aliphatic carbocycles. The number of hydrogen-bond donors (Lipinski definition) is 3. The monoisotopic (exact) mass is 231 g/mol. The van der Waals surface area contributed by atoms with E-state index in [4.69, 9.17) is 5.73 Å². The summed E-state index contributed by atoms with van der Waals surface area (Å²) < 4.78 is 0. The van der Waals surface area contributed by atoms with Crippen molar-refractivity contribution in [2.75, 3.05) is 12.3 Å². The Labute approximate surface area is 98.3 Å². The Morgan fingerprint density at radius 1 is 1.47 bits per heavy atom. The fraction of sp³-hybridized carbons (Fsp3) is 0.182. The second-order valence-electron chi connectivity index (χ2n) is 3.57. The number of carbonyl (C=O) groups is 1. The topological polar surface area (TPSA) is 96.7 Å². The molecule has 6 heteroatoms. The van der Waals surface area contributed by atoms with Crippen LogP contribution in [0.5, 0.6) is 0 Å². The standard InChI is InChI=1S/C11H13N5O/c12-9-7-15-16-10(9)11(17)14-5-3-8-2-1-4-13-6-8/h1-2,4,6-7H,3,5,12H2,(H,14,17)(H,15,16). The Morgan fingerprint density at radius 3 is 3.00 bits per heavy atom. The molecule has 0 fully saturated rings. The summed E-state index contributed by atoms with van der Waals surface area (Å²) in [4.78, 5) is 15.6. The van der Waals surface area contributed by atoms with E-state index in [0.717, 1.165) is 12.0 Å². The van der Waals surface area contributed by atoms with Crippen molar-refractivity contribution in [3.8, 4) is 0 Å². The molecule has 0 aromatic carbocycles. The lowest BCUT2D eigenvalue weighted by atomic mass is 10.2. The van der Waals surface area contributed by atoms with Crippen molar-refractivity contribution in [2.24, 2.45) is 0 Å². The summed E-state index contributed by atoms with van der Waals surface area (Å²) in [6.45, 7) is 0.531. The van der Waals surface area contributed by atoms with E-state index in [1.54, 1.807) is 12.4 Å². The zero-order valence-corrected chi connectivity index (χ0v) is 9.18. The summed E-state index contributed by atoms with van der Waals surface area (Å²) in [5, 5.41) is 9.00. The van der Waals surface area contributed by atoms with Crippen molar-refractivity contribution in [1.82, 2.24) is 20.5 Å². The van der Waals surface area contributed by atoms with Crippen LogP contribution >= 0.6 is 0 Å². The molecule has 1 amide bonds. The zero-order chi connectivity index (χ0) is 12.1. The minimum Gasteiger partial charge on any atom is -0.396 e. The SMILES string of the molecule is Nc1cn[nH]c1C(=O)NCCc1cccnc1. The van der Waals surface area contributed by atoms with Gasteiger partial charge in [0, 0.05) is 18.9 Å². The van der Waals surface area contributed by atoms with Gasteiger partial charge in [-0.3, -0.25) is 14.9 Å². The Balaban J connectivity index is 1.84. The van der Waals surface area contributed by atoms with Gasteiger partial charge >= 0.3 is 0 Å². The van der Waals surface area contributed by atoms with Crippen LogP contribution in [0.3, 0.4) is 0 Å². The van der Waals surface area contributed by atoms with E-state index in [9.17, 15) is 4.79 Å². The number of amides is 1. The van der Waals surface area contributed by atoms with E-state index in [0.29, 0.717) is 17.9 Å². The number of nitrogen functional groups attached to an aromatic ring is 1. The van der Waals surface area contributed by atoms with Gasteiger partial charge in [0.15, 0.2) is 0 Å². The van der Waals surface area contributed by atoms with Gasteiger partial charge in [0.2, 0.25) is 0 Å². The first-order valence-corrected chi connectivity index (χ1v) is 5.23. The van der Waals surface area contributed by atoms with E-state index in [2.05, 4.69) is 20.5 Å². The maximum absolute atomic E-state index is 11.6. The number of H-pyrrole nitrogens is 1. The first kappa shape index (κ1) is 11.1. The lowest BCUT2D eigenvalue weighted by Gasteiger charge is -2.03. The molecule has 88 valence electrons. The second-order valence-corrected chi connectivity index (χ2v) is 3.57. The predicted octanol–water partition coefficient (Wildman–Crippen LogP) is 0.359. The number of nitrogens with one attached hydrogen (secondary N) is 2. The number of pyridine rings is 1. The first-order chi connectivity index (χ1) is 8.27. The van der Waals surface area contributed by atoms with E-state index in [-0.39, 0.29) is 5.91 Å². The van der Waals surface area contributed by atoms with Crippen LogP contribution in [0, 0.1) is 0 Å². The highest BCUT2D eigenvalue weighted by Gasteiger charge is 2.10. The van der Waals surface area contributed by atoms with E-state index in [1.807, 2.05) is 12.1 Å². The third-order valence-electron chi connectivity index (χ3n) is 2.32. The van der Waals surface area contributed by atoms with Gasteiger partial charge in [0.05, 0.1) is 11.9 Å². The number of rotatable bonds is 4. The molecule has 2 aromatic heterocycles. The van der Waals surface area contributed by atoms with Crippen molar-refractivity contribution < 1.29 is 4.79 Å². The lowest BCUT2D eigenvalue weighted by Crippen LogP contribution is -2.26. The number of nitrogens with zero attached hydrogens (tertiary/aromatic N) is 2. The van der Waals surface area contributed by atoms with E-state index >= 15 is 0 Å². The molecule has 0 saturated heterocycles. The summed E-state index contributed by atoms with van der Waals surface area (Å²) in [7, 11) is 0. The highest BCUT2D eigenvalue weighted by atomic mass is 16.1. The summed E-state index contributed by atoms with van der Waals surface area (Å²) in [6, 6.07) is 3.83. The smallest absolute Gasteiger partial charge is 0.271 e. The predicted molar refractivity (Wildman–Crippen MR) is 63.3 cm³/mol. The molecule has 0 radical (unpaired) electrons. The largest absolute Gasteiger partial charge is 0.396 e. The average Bonchev–Trinajstić information content (AvgIpc) is 2.77. The number of carbonyl (C=O) groups excluding carboxylic acids is 1. The molecule has 2 aromatic rings. The van der Waals surface area contributed by atoms with Crippen LogP contribution in [0.15, 0.2) is 30.7 Å². The van der Waals surface area contributed by atoms with Crippen LogP contribution in [0.4, 0.5) is 5.69 Å². The van der Waals surface area contributed by atoms with Crippen molar-refractivity contribution in [3.63, 3.8) is 0 Å². The van der Waals surface area contributed by atoms with Gasteiger partial charge in [-0.1, -0.05) is 6.07 Å². The zero-order valence-electron chi connectivity index (χ0n) is 9.18. The number of anilines is 1. The van der Waals surface area contributed by atoms with Gasteiger partial charge < -0.3 is 11.1 Å².